The Hall–Kier alpha value is -0.570. The molecule has 1 saturated heterocycles. The van der Waals surface area contributed by atoms with Crippen molar-refractivity contribution in [2.24, 2.45) is 11.3 Å². The lowest BCUT2D eigenvalue weighted by atomic mass is 9.88. The second-order valence-electron chi connectivity index (χ2n) is 5.07. The van der Waals surface area contributed by atoms with Gasteiger partial charge in [0.15, 0.2) is 0 Å². The van der Waals surface area contributed by atoms with E-state index < -0.39 is 0 Å². The van der Waals surface area contributed by atoms with Gasteiger partial charge in [-0.25, -0.2) is 0 Å². The van der Waals surface area contributed by atoms with Crippen LogP contribution in [-0.4, -0.2) is 37.5 Å². The number of carbonyl (C=O) groups is 1. The summed E-state index contributed by atoms with van der Waals surface area (Å²) in [6.07, 6.45) is 0.967. The van der Waals surface area contributed by atoms with Crippen LogP contribution in [0, 0.1) is 11.3 Å². The van der Waals surface area contributed by atoms with Crippen molar-refractivity contribution >= 4 is 5.91 Å². The molecule has 1 N–H and O–H groups in total. The number of rotatable bonds is 3. The largest absolute Gasteiger partial charge is 0.345 e. The topological polar surface area (TPSA) is 32.3 Å². The molecule has 1 fully saturated rings. The van der Waals surface area contributed by atoms with Crippen molar-refractivity contribution in [2.45, 2.75) is 27.2 Å². The van der Waals surface area contributed by atoms with Gasteiger partial charge in [0, 0.05) is 20.1 Å². The third-order valence-corrected chi connectivity index (χ3v) is 2.87. The summed E-state index contributed by atoms with van der Waals surface area (Å²) >= 11 is 0. The first-order valence-electron chi connectivity index (χ1n) is 5.42. The van der Waals surface area contributed by atoms with Crippen LogP contribution in [0.4, 0.5) is 0 Å². The Morgan fingerprint density at radius 2 is 2.21 bits per heavy atom. The molecule has 1 rings (SSSR count). The molecule has 14 heavy (non-hydrogen) atoms. The number of amides is 1. The Labute approximate surface area is 86.9 Å². The van der Waals surface area contributed by atoms with Gasteiger partial charge in [-0.05, 0) is 25.8 Å². The van der Waals surface area contributed by atoms with Crippen molar-refractivity contribution in [3.63, 3.8) is 0 Å². The van der Waals surface area contributed by atoms with Gasteiger partial charge < -0.3 is 10.2 Å². The zero-order valence-corrected chi connectivity index (χ0v) is 9.76. The summed E-state index contributed by atoms with van der Waals surface area (Å²) in [6, 6.07) is 0. The van der Waals surface area contributed by atoms with Crippen molar-refractivity contribution in [3.05, 3.63) is 0 Å². The molecule has 0 aromatic heterocycles. The summed E-state index contributed by atoms with van der Waals surface area (Å²) in [7, 11) is 1.91. The Morgan fingerprint density at radius 3 is 2.64 bits per heavy atom. The summed E-state index contributed by atoms with van der Waals surface area (Å²) < 4.78 is 0. The highest BCUT2D eigenvalue weighted by Gasteiger charge is 2.38. The minimum atomic E-state index is -0.163. The first-order valence-corrected chi connectivity index (χ1v) is 5.42. The molecule has 82 valence electrons. The Balaban J connectivity index is 2.55. The van der Waals surface area contributed by atoms with Gasteiger partial charge in [0.2, 0.25) is 5.91 Å². The highest BCUT2D eigenvalue weighted by molar-refractivity contribution is 5.82. The minimum Gasteiger partial charge on any atom is -0.345 e. The lowest BCUT2D eigenvalue weighted by molar-refractivity contribution is -0.139. The van der Waals surface area contributed by atoms with E-state index in [2.05, 4.69) is 26.1 Å². The zero-order chi connectivity index (χ0) is 10.8. The maximum absolute atomic E-state index is 12.1. The molecular formula is C11H22N2O. The molecule has 0 bridgehead atoms. The molecule has 0 saturated carbocycles. The molecule has 1 aliphatic rings. The van der Waals surface area contributed by atoms with Gasteiger partial charge >= 0.3 is 0 Å². The van der Waals surface area contributed by atoms with Crippen LogP contribution < -0.4 is 5.32 Å². The second-order valence-corrected chi connectivity index (χ2v) is 5.07. The predicted molar refractivity (Wildman–Crippen MR) is 58.1 cm³/mol. The van der Waals surface area contributed by atoms with Gasteiger partial charge in [0.05, 0.1) is 5.41 Å². The number of carbonyl (C=O) groups excluding carboxylic acids is 1. The number of nitrogens with zero attached hydrogens (tertiary/aromatic N) is 1. The highest BCUT2D eigenvalue weighted by atomic mass is 16.2. The van der Waals surface area contributed by atoms with Crippen molar-refractivity contribution in [1.82, 2.24) is 10.2 Å². The van der Waals surface area contributed by atoms with Crippen LogP contribution in [0.3, 0.4) is 0 Å². The molecular weight excluding hydrogens is 176 g/mol. The average molecular weight is 198 g/mol. The van der Waals surface area contributed by atoms with Crippen LogP contribution in [0.1, 0.15) is 27.2 Å². The van der Waals surface area contributed by atoms with Crippen LogP contribution in [0.5, 0.6) is 0 Å². The quantitative estimate of drug-likeness (QED) is 0.736. The smallest absolute Gasteiger partial charge is 0.229 e. The molecule has 1 aliphatic heterocycles. The molecule has 1 atom stereocenters. The van der Waals surface area contributed by atoms with Crippen LogP contribution in [-0.2, 0) is 4.79 Å². The van der Waals surface area contributed by atoms with Crippen LogP contribution in [0.15, 0.2) is 0 Å². The van der Waals surface area contributed by atoms with Crippen molar-refractivity contribution < 1.29 is 4.79 Å². The first kappa shape index (κ1) is 11.5. The van der Waals surface area contributed by atoms with Gasteiger partial charge in [-0.2, -0.15) is 0 Å². The maximum atomic E-state index is 12.1. The fraction of sp³-hybridized carbons (Fsp3) is 0.909. The molecule has 3 heteroatoms. The molecule has 0 radical (unpaired) electrons. The summed E-state index contributed by atoms with van der Waals surface area (Å²) in [5, 5.41) is 3.25. The van der Waals surface area contributed by atoms with Crippen molar-refractivity contribution in [1.29, 1.82) is 0 Å². The number of hydrogen-bond donors (Lipinski definition) is 1. The number of hydrogen-bond acceptors (Lipinski definition) is 2. The van der Waals surface area contributed by atoms with Crippen molar-refractivity contribution in [3.8, 4) is 0 Å². The van der Waals surface area contributed by atoms with E-state index in [0.717, 1.165) is 26.1 Å². The van der Waals surface area contributed by atoms with Gasteiger partial charge in [-0.15, -0.1) is 0 Å². The molecule has 1 unspecified atom stereocenters. The summed E-state index contributed by atoms with van der Waals surface area (Å²) in [5.74, 6) is 0.832. The number of nitrogens with one attached hydrogen (secondary N) is 1. The Bertz CT molecular complexity index is 207. The maximum Gasteiger partial charge on any atom is 0.229 e. The molecule has 0 aromatic rings. The van der Waals surface area contributed by atoms with Gasteiger partial charge in [-0.1, -0.05) is 13.8 Å². The van der Waals surface area contributed by atoms with Gasteiger partial charge in [-0.3, -0.25) is 4.79 Å². The SMILES string of the molecule is CC(C)CN(C)C(=O)C1(C)CCNC1. The Morgan fingerprint density at radius 1 is 1.57 bits per heavy atom. The lowest BCUT2D eigenvalue weighted by Crippen LogP contribution is -2.42. The van der Waals surface area contributed by atoms with E-state index in [1.54, 1.807) is 0 Å². The van der Waals surface area contributed by atoms with Crippen LogP contribution in [0.25, 0.3) is 0 Å². The summed E-state index contributed by atoms with van der Waals surface area (Å²) in [6.45, 7) is 8.99. The van der Waals surface area contributed by atoms with E-state index in [0.29, 0.717) is 5.92 Å². The highest BCUT2D eigenvalue weighted by Crippen LogP contribution is 2.26. The summed E-state index contributed by atoms with van der Waals surface area (Å²) in [5.41, 5.74) is -0.163. The molecule has 0 spiro atoms. The fourth-order valence-electron chi connectivity index (χ4n) is 2.09. The van der Waals surface area contributed by atoms with Crippen LogP contribution >= 0.6 is 0 Å². The monoisotopic (exact) mass is 198 g/mol. The van der Waals surface area contributed by atoms with E-state index in [4.69, 9.17) is 0 Å². The first-order chi connectivity index (χ1) is 6.46. The van der Waals surface area contributed by atoms with E-state index in [-0.39, 0.29) is 11.3 Å². The van der Waals surface area contributed by atoms with Crippen LogP contribution in [0.2, 0.25) is 0 Å². The molecule has 1 heterocycles. The normalized spacial score (nSPS) is 26.9. The third kappa shape index (κ3) is 2.47. The van der Waals surface area contributed by atoms with E-state index >= 15 is 0 Å². The third-order valence-electron chi connectivity index (χ3n) is 2.87. The molecule has 0 aliphatic carbocycles. The van der Waals surface area contributed by atoms with E-state index in [1.807, 2.05) is 11.9 Å². The average Bonchev–Trinajstić information content (AvgIpc) is 2.51. The van der Waals surface area contributed by atoms with E-state index in [9.17, 15) is 4.79 Å². The summed E-state index contributed by atoms with van der Waals surface area (Å²) in [4.78, 5) is 14.0. The molecule has 3 nitrogen and oxygen atoms in total. The minimum absolute atomic E-state index is 0.163. The predicted octanol–water partition coefficient (Wildman–Crippen LogP) is 1.10. The zero-order valence-electron chi connectivity index (χ0n) is 9.76. The lowest BCUT2D eigenvalue weighted by Gasteiger charge is -2.29. The standard InChI is InChI=1S/C11H22N2O/c1-9(2)7-13(4)10(14)11(3)5-6-12-8-11/h9,12H,5-8H2,1-4H3. The second kappa shape index (κ2) is 4.30. The Kier molecular flexibility index (Phi) is 3.53. The van der Waals surface area contributed by atoms with Gasteiger partial charge in [0.1, 0.15) is 0 Å². The fourth-order valence-corrected chi connectivity index (χ4v) is 2.09. The van der Waals surface area contributed by atoms with Crippen molar-refractivity contribution in [2.75, 3.05) is 26.7 Å². The molecule has 0 aromatic carbocycles. The van der Waals surface area contributed by atoms with Gasteiger partial charge in [0.25, 0.3) is 0 Å². The van der Waals surface area contributed by atoms with E-state index in [1.165, 1.54) is 0 Å². The molecule has 1 amide bonds.